The van der Waals surface area contributed by atoms with Crippen molar-refractivity contribution in [1.29, 1.82) is 0 Å². The van der Waals surface area contributed by atoms with E-state index in [4.69, 9.17) is 0 Å². The molecule has 0 radical (unpaired) electrons. The molecule has 2 unspecified atom stereocenters. The molecule has 1 rings (SSSR count). The molecule has 1 aliphatic rings. The van der Waals surface area contributed by atoms with E-state index in [1.807, 2.05) is 7.05 Å². The van der Waals surface area contributed by atoms with Crippen LogP contribution in [0.2, 0.25) is 0 Å². The molecule has 0 spiro atoms. The van der Waals surface area contributed by atoms with E-state index in [2.05, 4.69) is 60.0 Å². The molecule has 2 N–H and O–H groups in total. The minimum absolute atomic E-state index is 0.451. The first-order chi connectivity index (χ1) is 12.5. The maximum atomic E-state index is 4.45. The van der Waals surface area contributed by atoms with E-state index in [9.17, 15) is 0 Å². The van der Waals surface area contributed by atoms with Crippen molar-refractivity contribution in [1.82, 2.24) is 20.4 Å². The number of nitrogens with one attached hydrogen (secondary N) is 2. The van der Waals surface area contributed by atoms with Gasteiger partial charge in [0.05, 0.1) is 0 Å². The van der Waals surface area contributed by atoms with Crippen LogP contribution in [0.3, 0.4) is 0 Å². The Labute approximate surface area is 163 Å². The topological polar surface area (TPSA) is 42.9 Å². The van der Waals surface area contributed by atoms with Gasteiger partial charge in [0.15, 0.2) is 5.96 Å². The standard InChI is InChI=1S/C21H45N5/c1-7-25(8-2)13-11-12-19(5)24-21(22-6)23-17-20(16-18(3)4)26-14-9-10-15-26/h18-20H,7-17H2,1-6H3,(H2,22,23,24). The van der Waals surface area contributed by atoms with Gasteiger partial charge in [-0.25, -0.2) is 0 Å². The Morgan fingerprint density at radius 2 is 1.77 bits per heavy atom. The van der Waals surface area contributed by atoms with E-state index in [0.29, 0.717) is 12.1 Å². The van der Waals surface area contributed by atoms with Gasteiger partial charge in [0.1, 0.15) is 0 Å². The van der Waals surface area contributed by atoms with Crippen LogP contribution in [0.15, 0.2) is 4.99 Å². The fourth-order valence-corrected chi connectivity index (χ4v) is 3.89. The monoisotopic (exact) mass is 367 g/mol. The summed E-state index contributed by atoms with van der Waals surface area (Å²) < 4.78 is 0. The molecule has 0 aromatic carbocycles. The summed E-state index contributed by atoms with van der Waals surface area (Å²) in [5.74, 6) is 1.68. The lowest BCUT2D eigenvalue weighted by molar-refractivity contribution is 0.212. The Morgan fingerprint density at radius 1 is 1.12 bits per heavy atom. The summed E-state index contributed by atoms with van der Waals surface area (Å²) in [4.78, 5) is 9.60. The third-order valence-corrected chi connectivity index (χ3v) is 5.52. The highest BCUT2D eigenvalue weighted by Gasteiger charge is 2.23. The normalized spacial score (nSPS) is 18.5. The highest BCUT2D eigenvalue weighted by molar-refractivity contribution is 5.79. The predicted molar refractivity (Wildman–Crippen MR) is 115 cm³/mol. The van der Waals surface area contributed by atoms with Crippen LogP contribution in [0.25, 0.3) is 0 Å². The summed E-state index contributed by atoms with van der Waals surface area (Å²) in [7, 11) is 1.88. The van der Waals surface area contributed by atoms with Crippen LogP contribution < -0.4 is 10.6 Å². The Balaban J connectivity index is 2.37. The summed E-state index contributed by atoms with van der Waals surface area (Å²) in [5.41, 5.74) is 0. The van der Waals surface area contributed by atoms with E-state index >= 15 is 0 Å². The molecule has 2 atom stereocenters. The van der Waals surface area contributed by atoms with Crippen LogP contribution in [-0.4, -0.2) is 74.2 Å². The minimum Gasteiger partial charge on any atom is -0.355 e. The molecular formula is C21H45N5. The van der Waals surface area contributed by atoms with Gasteiger partial charge in [-0.15, -0.1) is 0 Å². The fourth-order valence-electron chi connectivity index (χ4n) is 3.89. The van der Waals surface area contributed by atoms with Crippen molar-refractivity contribution in [3.63, 3.8) is 0 Å². The average molecular weight is 368 g/mol. The number of guanidine groups is 1. The summed E-state index contributed by atoms with van der Waals surface area (Å²) in [6.45, 7) is 18.4. The molecule has 154 valence electrons. The van der Waals surface area contributed by atoms with E-state index < -0.39 is 0 Å². The van der Waals surface area contributed by atoms with Crippen LogP contribution >= 0.6 is 0 Å². The van der Waals surface area contributed by atoms with Crippen LogP contribution in [0.5, 0.6) is 0 Å². The second-order valence-corrected chi connectivity index (χ2v) is 8.19. The Kier molecular flexibility index (Phi) is 11.9. The van der Waals surface area contributed by atoms with Crippen molar-refractivity contribution in [2.24, 2.45) is 10.9 Å². The van der Waals surface area contributed by atoms with E-state index in [1.54, 1.807) is 0 Å². The third kappa shape index (κ3) is 9.22. The second-order valence-electron chi connectivity index (χ2n) is 8.19. The highest BCUT2D eigenvalue weighted by Crippen LogP contribution is 2.17. The summed E-state index contributed by atoms with van der Waals surface area (Å²) in [5, 5.41) is 7.17. The maximum Gasteiger partial charge on any atom is 0.191 e. The first-order valence-electron chi connectivity index (χ1n) is 10.9. The van der Waals surface area contributed by atoms with E-state index in [1.165, 1.54) is 51.7 Å². The molecular weight excluding hydrogens is 322 g/mol. The van der Waals surface area contributed by atoms with Crippen molar-refractivity contribution in [3.8, 4) is 0 Å². The second kappa shape index (κ2) is 13.4. The molecule has 1 saturated heterocycles. The molecule has 0 aromatic rings. The Bertz CT molecular complexity index is 373. The molecule has 1 heterocycles. The molecule has 0 amide bonds. The predicted octanol–water partition coefficient (Wildman–Crippen LogP) is 3.17. The minimum atomic E-state index is 0.451. The van der Waals surface area contributed by atoms with Crippen LogP contribution in [0.1, 0.15) is 66.7 Å². The Morgan fingerprint density at radius 3 is 2.31 bits per heavy atom. The number of aliphatic imine (C=N–C) groups is 1. The molecule has 0 bridgehead atoms. The number of likely N-dealkylation sites (tertiary alicyclic amines) is 1. The van der Waals surface area contributed by atoms with E-state index in [-0.39, 0.29) is 0 Å². The van der Waals surface area contributed by atoms with Gasteiger partial charge in [-0.1, -0.05) is 27.7 Å². The van der Waals surface area contributed by atoms with Gasteiger partial charge in [0, 0.05) is 25.7 Å². The SMILES string of the molecule is CCN(CC)CCCC(C)NC(=NC)NCC(CC(C)C)N1CCCC1. The van der Waals surface area contributed by atoms with Crippen LogP contribution in [-0.2, 0) is 0 Å². The molecule has 0 saturated carbocycles. The number of hydrogen-bond donors (Lipinski definition) is 2. The molecule has 5 nitrogen and oxygen atoms in total. The number of hydrogen-bond acceptors (Lipinski definition) is 3. The van der Waals surface area contributed by atoms with Gasteiger partial charge in [-0.3, -0.25) is 9.89 Å². The fraction of sp³-hybridized carbons (Fsp3) is 0.952. The third-order valence-electron chi connectivity index (χ3n) is 5.52. The van der Waals surface area contributed by atoms with Crippen LogP contribution in [0.4, 0.5) is 0 Å². The smallest absolute Gasteiger partial charge is 0.191 e. The molecule has 0 aromatic heterocycles. The first kappa shape index (κ1) is 23.2. The molecule has 5 heteroatoms. The average Bonchev–Trinajstić information content (AvgIpc) is 3.15. The van der Waals surface area contributed by atoms with Gasteiger partial charge in [-0.2, -0.15) is 0 Å². The molecule has 0 aliphatic carbocycles. The number of nitrogens with zero attached hydrogens (tertiary/aromatic N) is 3. The lowest BCUT2D eigenvalue weighted by Crippen LogP contribution is -2.48. The largest absolute Gasteiger partial charge is 0.355 e. The zero-order chi connectivity index (χ0) is 19.4. The lowest BCUT2D eigenvalue weighted by atomic mass is 10.0. The maximum absolute atomic E-state index is 4.45. The Hall–Kier alpha value is -0.810. The zero-order valence-electron chi connectivity index (χ0n) is 18.4. The molecule has 26 heavy (non-hydrogen) atoms. The summed E-state index contributed by atoms with van der Waals surface area (Å²) in [6.07, 6.45) is 6.37. The van der Waals surface area contributed by atoms with Gasteiger partial charge < -0.3 is 15.5 Å². The van der Waals surface area contributed by atoms with Gasteiger partial charge >= 0.3 is 0 Å². The number of rotatable bonds is 12. The van der Waals surface area contributed by atoms with Gasteiger partial charge in [-0.05, 0) is 77.7 Å². The highest BCUT2D eigenvalue weighted by atomic mass is 15.2. The lowest BCUT2D eigenvalue weighted by Gasteiger charge is -2.30. The van der Waals surface area contributed by atoms with Crippen LogP contribution in [0, 0.1) is 5.92 Å². The van der Waals surface area contributed by atoms with Crippen molar-refractivity contribution in [2.75, 3.05) is 46.3 Å². The van der Waals surface area contributed by atoms with E-state index in [0.717, 1.165) is 31.5 Å². The van der Waals surface area contributed by atoms with Crippen molar-refractivity contribution in [2.45, 2.75) is 78.8 Å². The quantitative estimate of drug-likeness (QED) is 0.411. The van der Waals surface area contributed by atoms with Gasteiger partial charge in [0.2, 0.25) is 0 Å². The van der Waals surface area contributed by atoms with Crippen molar-refractivity contribution in [3.05, 3.63) is 0 Å². The molecule has 1 aliphatic heterocycles. The summed E-state index contributed by atoms with van der Waals surface area (Å²) >= 11 is 0. The summed E-state index contributed by atoms with van der Waals surface area (Å²) in [6, 6.07) is 1.07. The molecule has 1 fully saturated rings. The van der Waals surface area contributed by atoms with Crippen molar-refractivity contribution < 1.29 is 0 Å². The van der Waals surface area contributed by atoms with Gasteiger partial charge in [0.25, 0.3) is 0 Å². The first-order valence-corrected chi connectivity index (χ1v) is 10.9. The zero-order valence-corrected chi connectivity index (χ0v) is 18.4. The van der Waals surface area contributed by atoms with Crippen molar-refractivity contribution >= 4 is 5.96 Å².